The number of carbonyl (C=O) groups excluding carboxylic acids is 5. The minimum Gasteiger partial charge on any atom is -0.478 e. The first-order valence-electron chi connectivity index (χ1n) is 30.1. The molecule has 3 aromatic heterocycles. The summed E-state index contributed by atoms with van der Waals surface area (Å²) in [6.07, 6.45) is 2.22. The number of nitrogens with one attached hydrogen (secondary N) is 3. The number of carboxylic acids is 1. The molecule has 24 heteroatoms. The molecule has 0 saturated carbocycles. The number of carbonyl (C=O) groups is 6. The van der Waals surface area contributed by atoms with E-state index in [9.17, 15) is 33.9 Å². The van der Waals surface area contributed by atoms with Gasteiger partial charge in [0.2, 0.25) is 0 Å². The largest absolute Gasteiger partial charge is 0.478 e. The smallest absolute Gasteiger partial charge is 0.335 e. The lowest BCUT2D eigenvalue weighted by Crippen LogP contribution is -2.31. The summed E-state index contributed by atoms with van der Waals surface area (Å²) in [5.41, 5.74) is 11.8. The zero-order valence-corrected chi connectivity index (χ0v) is 53.9. The molecule has 0 fully saturated rings. The Morgan fingerprint density at radius 3 is 0.891 bits per heavy atom. The molecule has 1 atom stereocenters. The maximum Gasteiger partial charge on any atom is 0.335 e. The van der Waals surface area contributed by atoms with Gasteiger partial charge in [0.15, 0.2) is 17.5 Å². The number of aromatic amines is 3. The summed E-state index contributed by atoms with van der Waals surface area (Å²) in [5.74, 6) is 1.74. The fourth-order valence-electron chi connectivity index (χ4n) is 13.6. The normalized spacial score (nSPS) is 14.7. The topological polar surface area (TPSA) is 308 Å². The SMILES string of the molecule is CC(C)CC1(c2nn[nH]n2)c2ccc(C(=O)N(C)C)cc2-c2cc(C(=O)N(C)C)ccc21.CC(C)CC1(c2nn[nH]n2)c2ccc(C(=O)N(C)C)cc2-c2cc(C(=O)N(C)C)ccc21.CC(C)CC1(c2nn[nH]n2)c2ccc(OC=O)cc2-c2cc(C(=O)O)ccc21. The first kappa shape index (κ1) is 64.3. The van der Waals surface area contributed by atoms with Crippen LogP contribution >= 0.6 is 0 Å². The average molecular weight is 1240 g/mol. The van der Waals surface area contributed by atoms with Crippen molar-refractivity contribution in [2.45, 2.75) is 77.0 Å². The van der Waals surface area contributed by atoms with Gasteiger partial charge in [0, 0.05) is 78.6 Å². The number of carboxylic acid groups (broad SMARTS) is 1. The molecule has 474 valence electrons. The number of ether oxygens (including phenoxy) is 1. The molecular formula is C68H74N16O8. The van der Waals surface area contributed by atoms with Crippen molar-refractivity contribution in [1.29, 1.82) is 0 Å². The van der Waals surface area contributed by atoms with Crippen LogP contribution in [0.3, 0.4) is 0 Å². The number of H-pyrrole nitrogens is 3. The Kier molecular flexibility index (Phi) is 17.7. The van der Waals surface area contributed by atoms with Crippen LogP contribution in [0.2, 0.25) is 0 Å². The number of aromatic carboxylic acids is 1. The maximum absolute atomic E-state index is 12.7. The Morgan fingerprint density at radius 1 is 0.413 bits per heavy atom. The van der Waals surface area contributed by atoms with Gasteiger partial charge in [-0.15, -0.1) is 30.6 Å². The zero-order chi connectivity index (χ0) is 66.3. The van der Waals surface area contributed by atoms with Gasteiger partial charge in [-0.3, -0.25) is 24.0 Å². The summed E-state index contributed by atoms with van der Waals surface area (Å²) >= 11 is 0. The van der Waals surface area contributed by atoms with Crippen LogP contribution in [0.1, 0.15) is 163 Å². The van der Waals surface area contributed by atoms with E-state index in [2.05, 4.69) is 103 Å². The molecule has 12 rings (SSSR count). The van der Waals surface area contributed by atoms with Gasteiger partial charge in [-0.25, -0.2) is 4.79 Å². The quantitative estimate of drug-likeness (QED) is 0.0657. The van der Waals surface area contributed by atoms with Crippen LogP contribution in [0, 0.1) is 17.8 Å². The van der Waals surface area contributed by atoms with Crippen LogP contribution in [0.25, 0.3) is 33.4 Å². The van der Waals surface area contributed by atoms with Crippen LogP contribution < -0.4 is 4.74 Å². The summed E-state index contributed by atoms with van der Waals surface area (Å²) in [5, 5.41) is 54.8. The lowest BCUT2D eigenvalue weighted by atomic mass is 9.71. The summed E-state index contributed by atoms with van der Waals surface area (Å²) < 4.78 is 5.02. The predicted molar refractivity (Wildman–Crippen MR) is 342 cm³/mol. The third-order valence-electron chi connectivity index (χ3n) is 17.1. The molecule has 0 spiro atoms. The number of aromatic nitrogens is 12. The van der Waals surface area contributed by atoms with Crippen molar-refractivity contribution in [1.82, 2.24) is 81.5 Å². The van der Waals surface area contributed by atoms with Crippen molar-refractivity contribution >= 4 is 36.1 Å². The van der Waals surface area contributed by atoms with E-state index in [0.29, 0.717) is 76.1 Å². The second-order valence-electron chi connectivity index (χ2n) is 25.5. The third kappa shape index (κ3) is 11.2. The summed E-state index contributed by atoms with van der Waals surface area (Å²) in [7, 11) is 13.9. The van der Waals surface area contributed by atoms with Crippen molar-refractivity contribution in [3.05, 3.63) is 188 Å². The lowest BCUT2D eigenvalue weighted by Gasteiger charge is -2.30. The maximum atomic E-state index is 12.7. The molecule has 1 unspecified atom stereocenters. The van der Waals surface area contributed by atoms with Crippen LogP contribution in [-0.2, 0) is 21.0 Å². The number of tetrazole rings is 3. The summed E-state index contributed by atoms with van der Waals surface area (Å²) in [6.45, 7) is 13.2. The van der Waals surface area contributed by atoms with E-state index in [0.717, 1.165) is 79.6 Å². The van der Waals surface area contributed by atoms with Crippen LogP contribution in [0.15, 0.2) is 109 Å². The number of fused-ring (bicyclic) bond motifs is 9. The van der Waals surface area contributed by atoms with Crippen molar-refractivity contribution in [2.24, 2.45) is 17.8 Å². The molecule has 9 aromatic rings. The van der Waals surface area contributed by atoms with Gasteiger partial charge in [0.1, 0.15) is 5.75 Å². The minimum atomic E-state index is -1.01. The second-order valence-corrected chi connectivity index (χ2v) is 25.5. The molecule has 0 bridgehead atoms. The average Bonchev–Trinajstić information content (AvgIpc) is 1.56. The number of rotatable bonds is 16. The van der Waals surface area contributed by atoms with E-state index in [-0.39, 0.29) is 29.2 Å². The number of hydrogen-bond acceptors (Lipinski definition) is 16. The predicted octanol–water partition coefficient (Wildman–Crippen LogP) is 8.72. The van der Waals surface area contributed by atoms with E-state index in [1.54, 1.807) is 100 Å². The van der Waals surface area contributed by atoms with E-state index in [1.807, 2.05) is 84.9 Å². The number of nitrogens with zero attached hydrogens (tertiary/aromatic N) is 13. The molecule has 3 heterocycles. The van der Waals surface area contributed by atoms with E-state index in [4.69, 9.17) is 4.74 Å². The molecule has 0 radical (unpaired) electrons. The Labute approximate surface area is 532 Å². The van der Waals surface area contributed by atoms with E-state index < -0.39 is 22.2 Å². The molecule has 92 heavy (non-hydrogen) atoms. The number of hydrogen-bond donors (Lipinski definition) is 4. The zero-order valence-electron chi connectivity index (χ0n) is 53.9. The van der Waals surface area contributed by atoms with Crippen molar-refractivity contribution < 1.29 is 38.6 Å². The molecule has 6 aromatic carbocycles. The Morgan fingerprint density at radius 2 is 0.663 bits per heavy atom. The monoisotopic (exact) mass is 1240 g/mol. The van der Waals surface area contributed by atoms with Crippen LogP contribution in [0.4, 0.5) is 0 Å². The molecule has 4 amide bonds. The Balaban J connectivity index is 0.000000152. The van der Waals surface area contributed by atoms with Crippen molar-refractivity contribution in [3.8, 4) is 39.1 Å². The van der Waals surface area contributed by atoms with Gasteiger partial charge in [0.05, 0.1) is 21.8 Å². The Hall–Kier alpha value is -10.7. The van der Waals surface area contributed by atoms with Gasteiger partial charge in [0.25, 0.3) is 30.1 Å². The van der Waals surface area contributed by atoms with Gasteiger partial charge in [-0.05, 0) is 177 Å². The molecule has 3 aliphatic carbocycles. The van der Waals surface area contributed by atoms with E-state index in [1.165, 1.54) is 0 Å². The van der Waals surface area contributed by atoms with Crippen LogP contribution in [-0.4, -0.2) is 179 Å². The van der Waals surface area contributed by atoms with E-state index >= 15 is 0 Å². The molecule has 0 saturated heterocycles. The van der Waals surface area contributed by atoms with Gasteiger partial charge < -0.3 is 29.4 Å². The minimum absolute atomic E-state index is 0.0733. The molecular weight excluding hydrogens is 1170 g/mol. The molecule has 0 aliphatic heterocycles. The molecule has 4 N–H and O–H groups in total. The highest BCUT2D eigenvalue weighted by Crippen LogP contribution is 2.58. The van der Waals surface area contributed by atoms with Gasteiger partial charge >= 0.3 is 5.97 Å². The van der Waals surface area contributed by atoms with Crippen LogP contribution in [0.5, 0.6) is 5.75 Å². The van der Waals surface area contributed by atoms with Gasteiger partial charge in [-0.2, -0.15) is 15.6 Å². The lowest BCUT2D eigenvalue weighted by molar-refractivity contribution is -0.120. The highest BCUT2D eigenvalue weighted by Gasteiger charge is 2.51. The highest BCUT2D eigenvalue weighted by atomic mass is 16.5. The first-order valence-corrected chi connectivity index (χ1v) is 30.1. The van der Waals surface area contributed by atoms with Crippen molar-refractivity contribution in [3.63, 3.8) is 0 Å². The highest BCUT2D eigenvalue weighted by molar-refractivity contribution is 6.01. The number of benzene rings is 6. The summed E-state index contributed by atoms with van der Waals surface area (Å²) in [6, 6.07) is 33.5. The molecule has 24 nitrogen and oxygen atoms in total. The fourth-order valence-corrected chi connectivity index (χ4v) is 13.6. The third-order valence-corrected chi connectivity index (χ3v) is 17.1. The second kappa shape index (κ2) is 25.3. The number of amides is 4. The van der Waals surface area contributed by atoms with Crippen molar-refractivity contribution in [2.75, 3.05) is 56.4 Å². The Bertz CT molecular complexity index is 3960. The first-order chi connectivity index (χ1) is 43.8. The molecule has 3 aliphatic rings. The van der Waals surface area contributed by atoms with Gasteiger partial charge in [-0.1, -0.05) is 93.6 Å². The summed E-state index contributed by atoms with van der Waals surface area (Å²) in [4.78, 5) is 79.4. The standard InChI is InChI=1S/2C24H28N6O2.C20H18N4O4/c2*1-14(2)13-24(23-25-27-28-26-23)19-9-7-15(21(31)29(3)4)11-17(19)18-12-16(8-10-20(18)24)22(32)30(5)6;1-11(2)9-20(19-21-23-24-22-19)16-5-3-12(18(26)27)7-14(16)15-8-13(28-10-25)4-6-17(15)20/h2*7-12,14H,13H2,1-6H3,(H,25,26,27,28);3-8,10-11H,9H2,1-2H3,(H,26,27)(H,21,22,23,24). The fraction of sp³-hybridized carbons (Fsp3) is 0.338.